The highest BCUT2D eigenvalue weighted by Gasteiger charge is 2.10. The lowest BCUT2D eigenvalue weighted by Crippen LogP contribution is -1.96. The zero-order valence-corrected chi connectivity index (χ0v) is 12.1. The molecule has 0 spiro atoms. The van der Waals surface area contributed by atoms with E-state index in [2.05, 4.69) is 15.9 Å². The van der Waals surface area contributed by atoms with Crippen LogP contribution in [0.25, 0.3) is 0 Å². The van der Waals surface area contributed by atoms with Crippen LogP contribution in [0.15, 0.2) is 53.0 Å². The average molecular weight is 330 g/mol. The third-order valence-electron chi connectivity index (χ3n) is 2.59. The van der Waals surface area contributed by atoms with Crippen LogP contribution in [0.5, 0.6) is 0 Å². The van der Waals surface area contributed by atoms with Crippen molar-refractivity contribution in [1.29, 1.82) is 0 Å². The molecule has 0 fully saturated rings. The van der Waals surface area contributed by atoms with Crippen LogP contribution >= 0.6 is 39.1 Å². The van der Waals surface area contributed by atoms with Crippen molar-refractivity contribution in [2.75, 3.05) is 0 Å². The molecule has 1 atom stereocenters. The van der Waals surface area contributed by atoms with Gasteiger partial charge < -0.3 is 0 Å². The molecular weight excluding hydrogens is 319 g/mol. The molecule has 0 saturated heterocycles. The van der Waals surface area contributed by atoms with Crippen LogP contribution in [0.1, 0.15) is 16.5 Å². The van der Waals surface area contributed by atoms with E-state index >= 15 is 0 Å². The molecular formula is C14H11BrCl2. The maximum atomic E-state index is 6.39. The highest BCUT2D eigenvalue weighted by Crippen LogP contribution is 2.28. The van der Waals surface area contributed by atoms with Gasteiger partial charge in [-0.25, -0.2) is 0 Å². The summed E-state index contributed by atoms with van der Waals surface area (Å²) in [5.74, 6) is 0. The lowest BCUT2D eigenvalue weighted by molar-refractivity contribution is 0.920. The predicted molar refractivity (Wildman–Crippen MR) is 77.9 cm³/mol. The Kier molecular flexibility index (Phi) is 4.49. The van der Waals surface area contributed by atoms with Crippen LogP contribution in [0.3, 0.4) is 0 Å². The van der Waals surface area contributed by atoms with Gasteiger partial charge in [0.1, 0.15) is 0 Å². The first-order valence-electron chi connectivity index (χ1n) is 5.30. The zero-order chi connectivity index (χ0) is 12.3. The topological polar surface area (TPSA) is 0 Å². The van der Waals surface area contributed by atoms with Crippen LogP contribution in [-0.2, 0) is 6.42 Å². The number of benzene rings is 2. The molecule has 88 valence electrons. The predicted octanol–water partition coefficient (Wildman–Crippen LogP) is 5.63. The summed E-state index contributed by atoms with van der Waals surface area (Å²) in [6.45, 7) is 0. The molecule has 2 aromatic carbocycles. The molecule has 0 radical (unpaired) electrons. The molecule has 0 aliphatic heterocycles. The number of hydrogen-bond donors (Lipinski definition) is 0. The minimum Gasteiger partial charge on any atom is -0.117 e. The molecule has 1 unspecified atom stereocenters. The highest BCUT2D eigenvalue weighted by atomic mass is 79.9. The fraction of sp³-hybridized carbons (Fsp3) is 0.143. The van der Waals surface area contributed by atoms with Crippen LogP contribution < -0.4 is 0 Å². The average Bonchev–Trinajstić information content (AvgIpc) is 2.33. The normalized spacial score (nSPS) is 12.4. The second-order valence-corrected chi connectivity index (χ2v) is 5.66. The molecule has 3 heteroatoms. The Bertz CT molecular complexity index is 494. The van der Waals surface area contributed by atoms with E-state index in [9.17, 15) is 0 Å². The number of alkyl halides is 1. The van der Waals surface area contributed by atoms with Crippen molar-refractivity contribution in [3.8, 4) is 0 Å². The summed E-state index contributed by atoms with van der Waals surface area (Å²) in [5, 5.41) is 0.721. The molecule has 0 nitrogen and oxygen atoms in total. The van der Waals surface area contributed by atoms with Gasteiger partial charge >= 0.3 is 0 Å². The minimum atomic E-state index is -0.0528. The van der Waals surface area contributed by atoms with Gasteiger partial charge in [-0.15, -0.1) is 11.6 Å². The Balaban J connectivity index is 2.14. The number of rotatable bonds is 3. The zero-order valence-electron chi connectivity index (χ0n) is 9.04. The second-order valence-electron chi connectivity index (χ2n) is 3.81. The Morgan fingerprint density at radius 3 is 2.29 bits per heavy atom. The number of halogens is 3. The Hall–Kier alpha value is -0.500. The lowest BCUT2D eigenvalue weighted by atomic mass is 10.0. The summed E-state index contributed by atoms with van der Waals surface area (Å²) < 4.78 is 1.06. The summed E-state index contributed by atoms with van der Waals surface area (Å²) in [5.41, 5.74) is 2.19. The standard InChI is InChI=1S/C14H11BrCl2/c15-12-7-5-10(6-8-12)14(17)9-11-3-1-2-4-13(11)16/h1-8,14H,9H2. The second kappa shape index (κ2) is 5.90. The van der Waals surface area contributed by atoms with Gasteiger partial charge in [0.2, 0.25) is 0 Å². The molecule has 0 saturated carbocycles. The Labute approximate surface area is 120 Å². The fourth-order valence-corrected chi connectivity index (χ4v) is 2.44. The van der Waals surface area contributed by atoms with Gasteiger partial charge in [0.05, 0.1) is 5.38 Å². The van der Waals surface area contributed by atoms with E-state index in [4.69, 9.17) is 23.2 Å². The van der Waals surface area contributed by atoms with E-state index in [1.807, 2.05) is 48.5 Å². The first-order chi connectivity index (χ1) is 8.16. The first-order valence-corrected chi connectivity index (χ1v) is 6.90. The van der Waals surface area contributed by atoms with Gasteiger partial charge in [-0.05, 0) is 35.7 Å². The molecule has 0 N–H and O–H groups in total. The van der Waals surface area contributed by atoms with E-state index in [0.29, 0.717) is 0 Å². The third kappa shape index (κ3) is 3.48. The van der Waals surface area contributed by atoms with Crippen LogP contribution in [0.4, 0.5) is 0 Å². The van der Waals surface area contributed by atoms with Gasteiger partial charge in [0, 0.05) is 9.50 Å². The monoisotopic (exact) mass is 328 g/mol. The Morgan fingerprint density at radius 2 is 1.65 bits per heavy atom. The summed E-state index contributed by atoms with van der Waals surface area (Å²) in [6.07, 6.45) is 0.739. The quantitative estimate of drug-likeness (QED) is 0.640. The minimum absolute atomic E-state index is 0.0528. The molecule has 2 aromatic rings. The van der Waals surface area contributed by atoms with Crippen molar-refractivity contribution in [1.82, 2.24) is 0 Å². The molecule has 2 rings (SSSR count). The number of hydrogen-bond acceptors (Lipinski definition) is 0. The highest BCUT2D eigenvalue weighted by molar-refractivity contribution is 9.10. The molecule has 0 aliphatic carbocycles. The van der Waals surface area contributed by atoms with Crippen molar-refractivity contribution < 1.29 is 0 Å². The molecule has 0 heterocycles. The van der Waals surface area contributed by atoms with Gasteiger partial charge in [0.15, 0.2) is 0 Å². The SMILES string of the molecule is Clc1ccccc1CC(Cl)c1ccc(Br)cc1. The molecule has 0 aromatic heterocycles. The van der Waals surface area contributed by atoms with E-state index < -0.39 is 0 Å². The summed E-state index contributed by atoms with van der Waals surface area (Å²) in [4.78, 5) is 0. The van der Waals surface area contributed by atoms with Crippen molar-refractivity contribution in [3.63, 3.8) is 0 Å². The van der Waals surface area contributed by atoms with E-state index in [1.165, 1.54) is 0 Å². The largest absolute Gasteiger partial charge is 0.117 e. The van der Waals surface area contributed by atoms with Gasteiger partial charge in [0.25, 0.3) is 0 Å². The maximum Gasteiger partial charge on any atom is 0.0626 e. The van der Waals surface area contributed by atoms with Crippen molar-refractivity contribution in [2.24, 2.45) is 0 Å². The van der Waals surface area contributed by atoms with Crippen LogP contribution in [0, 0.1) is 0 Å². The van der Waals surface area contributed by atoms with Crippen LogP contribution in [0.2, 0.25) is 5.02 Å². The van der Waals surface area contributed by atoms with Crippen molar-refractivity contribution in [2.45, 2.75) is 11.8 Å². The summed E-state index contributed by atoms with van der Waals surface area (Å²) >= 11 is 15.9. The summed E-state index contributed by atoms with van der Waals surface area (Å²) in [7, 11) is 0. The van der Waals surface area contributed by atoms with Crippen molar-refractivity contribution in [3.05, 3.63) is 69.2 Å². The maximum absolute atomic E-state index is 6.39. The van der Waals surface area contributed by atoms with E-state index in [0.717, 1.165) is 27.0 Å². The third-order valence-corrected chi connectivity index (χ3v) is 3.89. The lowest BCUT2D eigenvalue weighted by Gasteiger charge is -2.11. The van der Waals surface area contributed by atoms with Gasteiger partial charge in [-0.3, -0.25) is 0 Å². The van der Waals surface area contributed by atoms with E-state index in [1.54, 1.807) is 0 Å². The molecule has 0 bridgehead atoms. The van der Waals surface area contributed by atoms with E-state index in [-0.39, 0.29) is 5.38 Å². The van der Waals surface area contributed by atoms with Gasteiger partial charge in [-0.2, -0.15) is 0 Å². The van der Waals surface area contributed by atoms with Crippen LogP contribution in [-0.4, -0.2) is 0 Å². The Morgan fingerprint density at radius 1 is 1.00 bits per heavy atom. The molecule has 0 amide bonds. The smallest absolute Gasteiger partial charge is 0.0626 e. The molecule has 17 heavy (non-hydrogen) atoms. The molecule has 0 aliphatic rings. The van der Waals surface area contributed by atoms with Gasteiger partial charge in [-0.1, -0.05) is 57.9 Å². The summed E-state index contributed by atoms with van der Waals surface area (Å²) in [6, 6.07) is 15.9. The fourth-order valence-electron chi connectivity index (χ4n) is 1.65. The first kappa shape index (κ1) is 12.9. The van der Waals surface area contributed by atoms with Crippen molar-refractivity contribution >= 4 is 39.1 Å².